The van der Waals surface area contributed by atoms with Gasteiger partial charge < -0.3 is 19.8 Å². The summed E-state index contributed by atoms with van der Waals surface area (Å²) in [6.07, 6.45) is -2.31. The second-order valence-electron chi connectivity index (χ2n) is 5.12. The molecule has 0 saturated carbocycles. The van der Waals surface area contributed by atoms with Gasteiger partial charge in [-0.05, 0) is 23.2 Å². The lowest BCUT2D eigenvalue weighted by molar-refractivity contribution is -0.0929. The molecule has 1 heterocycles. The van der Waals surface area contributed by atoms with Crippen LogP contribution in [0.25, 0.3) is 10.4 Å². The van der Waals surface area contributed by atoms with E-state index < -0.39 is 30.2 Å². The zero-order chi connectivity index (χ0) is 17.0. The summed E-state index contributed by atoms with van der Waals surface area (Å²) in [5.74, 6) is -0.696. The molecule has 2 rings (SSSR count). The summed E-state index contributed by atoms with van der Waals surface area (Å²) in [5.41, 5.74) is 6.93. The molecule has 0 spiro atoms. The molecule has 8 nitrogen and oxygen atoms in total. The summed E-state index contributed by atoms with van der Waals surface area (Å²) < 4.78 is 19.2. The number of halogens is 2. The summed E-state index contributed by atoms with van der Waals surface area (Å²) >= 11 is 5.64. The van der Waals surface area contributed by atoms with E-state index in [-0.39, 0.29) is 30.3 Å². The first-order valence-electron chi connectivity index (χ1n) is 6.65. The number of hydrogen-bond donors (Lipinski definition) is 2. The third-order valence-corrected chi connectivity index (χ3v) is 3.83. The van der Waals surface area contributed by atoms with Crippen LogP contribution in [-0.4, -0.2) is 53.0 Å². The number of aliphatic hydroxyl groups is 1. The van der Waals surface area contributed by atoms with E-state index in [1.54, 1.807) is 0 Å². The van der Waals surface area contributed by atoms with Crippen LogP contribution in [0.2, 0.25) is 5.02 Å². The molecule has 2 atom stereocenters. The molecule has 1 saturated heterocycles. The number of azide groups is 1. The van der Waals surface area contributed by atoms with Gasteiger partial charge in [-0.1, -0.05) is 22.8 Å². The molecule has 23 heavy (non-hydrogen) atoms. The lowest BCUT2D eigenvalue weighted by Crippen LogP contribution is -2.49. The fraction of sp³-hybridized carbons (Fsp3) is 0.462. The van der Waals surface area contributed by atoms with Gasteiger partial charge >= 0.3 is 6.09 Å². The highest BCUT2D eigenvalue weighted by Gasteiger charge is 2.43. The molecule has 1 amide bonds. The van der Waals surface area contributed by atoms with Crippen LogP contribution in [0.15, 0.2) is 23.3 Å². The Morgan fingerprint density at radius 2 is 2.39 bits per heavy atom. The van der Waals surface area contributed by atoms with E-state index in [4.69, 9.17) is 27.0 Å². The smallest absolute Gasteiger partial charge is 0.407 e. The van der Waals surface area contributed by atoms with Crippen molar-refractivity contribution in [1.29, 1.82) is 0 Å². The molecular weight excluding hydrogens is 331 g/mol. The van der Waals surface area contributed by atoms with Gasteiger partial charge in [-0.2, -0.15) is 0 Å². The molecule has 1 aromatic rings. The molecule has 1 aromatic carbocycles. The Morgan fingerprint density at radius 3 is 3.00 bits per heavy atom. The molecule has 1 aliphatic rings. The number of ether oxygens (including phenoxy) is 1. The predicted octanol–water partition coefficient (Wildman–Crippen LogP) is 2.57. The quantitative estimate of drug-likeness (QED) is 0.497. The molecule has 1 fully saturated rings. The van der Waals surface area contributed by atoms with Gasteiger partial charge in [0.2, 0.25) is 0 Å². The molecule has 0 aliphatic carbocycles. The third-order valence-electron chi connectivity index (χ3n) is 3.52. The second-order valence-corrected chi connectivity index (χ2v) is 5.53. The number of carbonyl (C=O) groups is 1. The lowest BCUT2D eigenvalue weighted by atomic mass is 9.90. The Balaban J connectivity index is 2.42. The van der Waals surface area contributed by atoms with Crippen LogP contribution < -0.4 is 0 Å². The first-order chi connectivity index (χ1) is 10.9. The van der Waals surface area contributed by atoms with Gasteiger partial charge in [-0.25, -0.2) is 9.18 Å². The number of rotatable bonds is 3. The van der Waals surface area contributed by atoms with E-state index in [2.05, 4.69) is 10.0 Å². The van der Waals surface area contributed by atoms with Crippen molar-refractivity contribution in [2.75, 3.05) is 26.2 Å². The van der Waals surface area contributed by atoms with Crippen molar-refractivity contribution < 1.29 is 24.1 Å². The van der Waals surface area contributed by atoms with Gasteiger partial charge in [0.1, 0.15) is 17.5 Å². The van der Waals surface area contributed by atoms with Crippen molar-refractivity contribution >= 4 is 17.7 Å². The Labute approximate surface area is 135 Å². The molecule has 0 aromatic heterocycles. The number of hydrogen-bond acceptors (Lipinski definition) is 4. The standard InChI is InChI=1S/C13H14ClFN4O4/c14-9-2-1-8(5-10(9)15)11-13(22,6-17-18-16)7-19(12(20)21)3-4-23-11/h1-2,5,11,22H,3-4,6-7H2,(H,20,21). The normalized spacial score (nSPS) is 24.7. The topological polar surface area (TPSA) is 119 Å². The highest BCUT2D eigenvalue weighted by molar-refractivity contribution is 6.30. The zero-order valence-corrected chi connectivity index (χ0v) is 12.6. The van der Waals surface area contributed by atoms with Crippen LogP contribution in [0.4, 0.5) is 9.18 Å². The van der Waals surface area contributed by atoms with Crippen LogP contribution in [0.1, 0.15) is 11.7 Å². The minimum Gasteiger partial charge on any atom is -0.465 e. The monoisotopic (exact) mass is 344 g/mol. The Hall–Kier alpha value is -2.06. The lowest BCUT2D eigenvalue weighted by Gasteiger charge is -2.34. The van der Waals surface area contributed by atoms with Crippen molar-refractivity contribution in [2.24, 2.45) is 5.11 Å². The van der Waals surface area contributed by atoms with Crippen LogP contribution in [0.5, 0.6) is 0 Å². The number of amides is 1. The Kier molecular flexibility index (Phi) is 5.27. The maximum Gasteiger partial charge on any atom is 0.407 e. The molecule has 2 unspecified atom stereocenters. The van der Waals surface area contributed by atoms with Gasteiger partial charge in [-0.3, -0.25) is 0 Å². The molecule has 0 bridgehead atoms. The summed E-state index contributed by atoms with van der Waals surface area (Å²) in [5, 5.41) is 23.2. The van der Waals surface area contributed by atoms with Crippen LogP contribution in [0, 0.1) is 5.82 Å². The Bertz CT molecular complexity index is 655. The molecule has 10 heteroatoms. The first-order valence-corrected chi connectivity index (χ1v) is 7.03. The van der Waals surface area contributed by atoms with Gasteiger partial charge in [0, 0.05) is 11.5 Å². The summed E-state index contributed by atoms with van der Waals surface area (Å²) in [6.45, 7) is -0.737. The average Bonchev–Trinajstić information content (AvgIpc) is 2.68. The van der Waals surface area contributed by atoms with E-state index in [0.29, 0.717) is 0 Å². The van der Waals surface area contributed by atoms with E-state index in [0.717, 1.165) is 11.0 Å². The highest BCUT2D eigenvalue weighted by Crippen LogP contribution is 2.34. The first kappa shape index (κ1) is 17.3. The van der Waals surface area contributed by atoms with Crippen molar-refractivity contribution in [2.45, 2.75) is 11.7 Å². The van der Waals surface area contributed by atoms with Gasteiger partial charge in [0.15, 0.2) is 0 Å². The van der Waals surface area contributed by atoms with E-state index in [1.807, 2.05) is 0 Å². The fourth-order valence-corrected chi connectivity index (χ4v) is 2.58. The maximum atomic E-state index is 13.7. The van der Waals surface area contributed by atoms with Crippen LogP contribution in [-0.2, 0) is 4.74 Å². The second kappa shape index (κ2) is 7.01. The van der Waals surface area contributed by atoms with Gasteiger partial charge in [0.05, 0.1) is 24.7 Å². The summed E-state index contributed by atoms with van der Waals surface area (Å²) in [6, 6.07) is 3.88. The molecule has 1 aliphatic heterocycles. The average molecular weight is 345 g/mol. The number of carboxylic acid groups (broad SMARTS) is 1. The summed E-state index contributed by atoms with van der Waals surface area (Å²) in [7, 11) is 0. The SMILES string of the molecule is [N-]=[N+]=NCC1(O)CN(C(=O)O)CCOC1c1ccc(Cl)c(F)c1. The Morgan fingerprint density at radius 1 is 1.65 bits per heavy atom. The highest BCUT2D eigenvalue weighted by atomic mass is 35.5. The fourth-order valence-electron chi connectivity index (χ4n) is 2.46. The maximum absolute atomic E-state index is 13.7. The van der Waals surface area contributed by atoms with Crippen LogP contribution in [0.3, 0.4) is 0 Å². The molecule has 124 valence electrons. The van der Waals surface area contributed by atoms with E-state index in [1.165, 1.54) is 12.1 Å². The van der Waals surface area contributed by atoms with E-state index >= 15 is 0 Å². The zero-order valence-electron chi connectivity index (χ0n) is 11.9. The van der Waals surface area contributed by atoms with Crippen molar-refractivity contribution in [3.05, 3.63) is 45.0 Å². The molecule has 2 N–H and O–H groups in total. The number of nitrogens with zero attached hydrogens (tertiary/aromatic N) is 4. The van der Waals surface area contributed by atoms with Crippen molar-refractivity contribution in [3.63, 3.8) is 0 Å². The third kappa shape index (κ3) is 3.83. The number of benzene rings is 1. The summed E-state index contributed by atoms with van der Waals surface area (Å²) in [4.78, 5) is 14.7. The largest absolute Gasteiger partial charge is 0.465 e. The van der Waals surface area contributed by atoms with Gasteiger partial charge in [0.25, 0.3) is 0 Å². The van der Waals surface area contributed by atoms with E-state index in [9.17, 15) is 14.3 Å². The molecular formula is C13H14ClFN4O4. The minimum atomic E-state index is -1.83. The predicted molar refractivity (Wildman–Crippen MR) is 78.7 cm³/mol. The van der Waals surface area contributed by atoms with Crippen molar-refractivity contribution in [1.82, 2.24) is 4.90 Å². The minimum absolute atomic E-state index is 0.000208. The van der Waals surface area contributed by atoms with Crippen molar-refractivity contribution in [3.8, 4) is 0 Å². The number of β-amino-alcohol motifs (C(OH)–C–C–N with tert-alkyl or cyclic N) is 1. The molecule has 0 radical (unpaired) electrons. The van der Waals surface area contributed by atoms with Gasteiger partial charge in [-0.15, -0.1) is 0 Å². The van der Waals surface area contributed by atoms with Crippen LogP contribution >= 0.6 is 11.6 Å².